The number of hydrogen-bond acceptors (Lipinski definition) is 2. The maximum atomic E-state index is 11.6. The van der Waals surface area contributed by atoms with E-state index in [-0.39, 0.29) is 17.7 Å². The summed E-state index contributed by atoms with van der Waals surface area (Å²) in [4.78, 5) is 22.3. The number of carbonyl (C=O) groups excluding carboxylic acids is 1. The molecular formula is C12H17NO3. The maximum absolute atomic E-state index is 11.6. The third-order valence-corrected chi connectivity index (χ3v) is 2.95. The number of aliphatic carboxylic acids is 1. The molecular weight excluding hydrogens is 206 g/mol. The molecule has 16 heavy (non-hydrogen) atoms. The van der Waals surface area contributed by atoms with Crippen LogP contribution in [0.25, 0.3) is 0 Å². The normalized spacial score (nSPS) is 23.7. The molecule has 0 saturated heterocycles. The van der Waals surface area contributed by atoms with Gasteiger partial charge in [0.25, 0.3) is 0 Å². The molecule has 0 aromatic heterocycles. The molecule has 0 aromatic rings. The van der Waals surface area contributed by atoms with Crippen LogP contribution in [-0.4, -0.2) is 23.5 Å². The Kier molecular flexibility index (Phi) is 4.84. The number of rotatable bonds is 5. The first-order valence-corrected chi connectivity index (χ1v) is 5.59. The summed E-state index contributed by atoms with van der Waals surface area (Å²) in [6, 6.07) is 0. The first-order chi connectivity index (χ1) is 7.65. The van der Waals surface area contributed by atoms with Gasteiger partial charge in [-0.15, -0.1) is 12.3 Å². The molecule has 0 bridgehead atoms. The zero-order valence-electron chi connectivity index (χ0n) is 9.24. The van der Waals surface area contributed by atoms with Crippen molar-refractivity contribution in [2.45, 2.75) is 32.1 Å². The van der Waals surface area contributed by atoms with E-state index in [0.717, 1.165) is 6.42 Å². The summed E-state index contributed by atoms with van der Waals surface area (Å²) in [7, 11) is 0. The average molecular weight is 223 g/mol. The summed E-state index contributed by atoms with van der Waals surface area (Å²) in [6.45, 7) is 0.581. The van der Waals surface area contributed by atoms with Crippen LogP contribution in [0.5, 0.6) is 0 Å². The number of carboxylic acid groups (broad SMARTS) is 1. The van der Waals surface area contributed by atoms with Crippen LogP contribution in [0.15, 0.2) is 0 Å². The average Bonchev–Trinajstić information content (AvgIpc) is 2.73. The van der Waals surface area contributed by atoms with Crippen molar-refractivity contribution in [2.24, 2.45) is 11.8 Å². The fraction of sp³-hybridized carbons (Fsp3) is 0.667. The molecule has 1 rings (SSSR count). The van der Waals surface area contributed by atoms with Gasteiger partial charge in [0, 0.05) is 18.9 Å². The Labute approximate surface area is 95.4 Å². The van der Waals surface area contributed by atoms with E-state index in [2.05, 4.69) is 11.2 Å². The van der Waals surface area contributed by atoms with Crippen LogP contribution in [0.3, 0.4) is 0 Å². The Hall–Kier alpha value is -1.50. The van der Waals surface area contributed by atoms with Crippen molar-refractivity contribution < 1.29 is 14.7 Å². The summed E-state index contributed by atoms with van der Waals surface area (Å²) in [5, 5.41) is 11.6. The number of nitrogens with one attached hydrogen (secondary N) is 1. The third-order valence-electron chi connectivity index (χ3n) is 2.95. The summed E-state index contributed by atoms with van der Waals surface area (Å²) < 4.78 is 0. The van der Waals surface area contributed by atoms with E-state index < -0.39 is 5.97 Å². The number of hydrogen-bond donors (Lipinski definition) is 2. The predicted molar refractivity (Wildman–Crippen MR) is 59.5 cm³/mol. The standard InChI is InChI=1S/C12H17NO3/c1-2-3-4-7-13-11(14)9-5-6-10(8-9)12(15)16/h1,9-10H,3-8H2,(H,13,14)(H,15,16). The van der Waals surface area contributed by atoms with Crippen molar-refractivity contribution in [1.29, 1.82) is 0 Å². The highest BCUT2D eigenvalue weighted by Gasteiger charge is 2.33. The van der Waals surface area contributed by atoms with Crippen molar-refractivity contribution in [2.75, 3.05) is 6.54 Å². The van der Waals surface area contributed by atoms with Gasteiger partial charge in [0.15, 0.2) is 0 Å². The van der Waals surface area contributed by atoms with Gasteiger partial charge in [0.05, 0.1) is 5.92 Å². The lowest BCUT2D eigenvalue weighted by atomic mass is 10.0. The van der Waals surface area contributed by atoms with Gasteiger partial charge in [-0.2, -0.15) is 0 Å². The van der Waals surface area contributed by atoms with E-state index in [1.807, 2.05) is 0 Å². The number of carboxylic acids is 1. The van der Waals surface area contributed by atoms with Gasteiger partial charge in [-0.1, -0.05) is 0 Å². The van der Waals surface area contributed by atoms with E-state index >= 15 is 0 Å². The quantitative estimate of drug-likeness (QED) is 0.540. The van der Waals surface area contributed by atoms with Crippen LogP contribution in [0.1, 0.15) is 32.1 Å². The molecule has 88 valence electrons. The summed E-state index contributed by atoms with van der Waals surface area (Å²) in [5.41, 5.74) is 0. The largest absolute Gasteiger partial charge is 0.481 e. The van der Waals surface area contributed by atoms with Crippen LogP contribution in [0.4, 0.5) is 0 Å². The Morgan fingerprint density at radius 2 is 2.06 bits per heavy atom. The van der Waals surface area contributed by atoms with Gasteiger partial charge < -0.3 is 10.4 Å². The second-order valence-corrected chi connectivity index (χ2v) is 4.14. The van der Waals surface area contributed by atoms with Crippen molar-refractivity contribution in [3.8, 4) is 12.3 Å². The first-order valence-electron chi connectivity index (χ1n) is 5.59. The molecule has 0 spiro atoms. The molecule has 1 amide bonds. The van der Waals surface area contributed by atoms with Gasteiger partial charge in [-0.3, -0.25) is 9.59 Å². The maximum Gasteiger partial charge on any atom is 0.306 e. The fourth-order valence-corrected chi connectivity index (χ4v) is 1.99. The minimum absolute atomic E-state index is 0.0271. The Morgan fingerprint density at radius 3 is 2.62 bits per heavy atom. The Balaban J connectivity index is 2.23. The monoisotopic (exact) mass is 223 g/mol. The summed E-state index contributed by atoms with van der Waals surface area (Å²) >= 11 is 0. The van der Waals surface area contributed by atoms with Crippen LogP contribution in [-0.2, 0) is 9.59 Å². The molecule has 4 nitrogen and oxygen atoms in total. The number of amides is 1. The second kappa shape index (κ2) is 6.16. The van der Waals surface area contributed by atoms with Crippen molar-refractivity contribution in [3.63, 3.8) is 0 Å². The van der Waals surface area contributed by atoms with Gasteiger partial charge in [0.2, 0.25) is 5.91 Å². The summed E-state index contributed by atoms with van der Waals surface area (Å²) in [5.74, 6) is 1.21. The zero-order valence-corrected chi connectivity index (χ0v) is 9.24. The molecule has 1 fully saturated rings. The van der Waals surface area contributed by atoms with E-state index in [9.17, 15) is 9.59 Å². The highest BCUT2D eigenvalue weighted by Crippen LogP contribution is 2.30. The number of unbranched alkanes of at least 4 members (excludes halogenated alkanes) is 1. The molecule has 0 aromatic carbocycles. The minimum Gasteiger partial charge on any atom is -0.481 e. The highest BCUT2D eigenvalue weighted by atomic mass is 16.4. The van der Waals surface area contributed by atoms with Crippen LogP contribution in [0, 0.1) is 24.2 Å². The molecule has 1 aliphatic carbocycles. The predicted octanol–water partition coefficient (Wildman–Crippen LogP) is 1.02. The molecule has 2 unspecified atom stereocenters. The van der Waals surface area contributed by atoms with Crippen LogP contribution < -0.4 is 5.32 Å². The molecule has 0 heterocycles. The van der Waals surface area contributed by atoms with Crippen LogP contribution in [0.2, 0.25) is 0 Å². The Bertz CT molecular complexity index is 306. The van der Waals surface area contributed by atoms with E-state index in [0.29, 0.717) is 32.2 Å². The first kappa shape index (κ1) is 12.6. The highest BCUT2D eigenvalue weighted by molar-refractivity contribution is 5.80. The molecule has 1 aliphatic rings. The number of terminal acetylenes is 1. The second-order valence-electron chi connectivity index (χ2n) is 4.14. The molecule has 1 saturated carbocycles. The zero-order chi connectivity index (χ0) is 12.0. The molecule has 2 N–H and O–H groups in total. The van der Waals surface area contributed by atoms with Crippen molar-refractivity contribution in [3.05, 3.63) is 0 Å². The van der Waals surface area contributed by atoms with Gasteiger partial charge >= 0.3 is 5.97 Å². The fourth-order valence-electron chi connectivity index (χ4n) is 1.99. The topological polar surface area (TPSA) is 66.4 Å². The van der Waals surface area contributed by atoms with E-state index in [1.165, 1.54) is 0 Å². The van der Waals surface area contributed by atoms with Crippen molar-refractivity contribution in [1.82, 2.24) is 5.32 Å². The van der Waals surface area contributed by atoms with Gasteiger partial charge in [0.1, 0.15) is 0 Å². The molecule has 2 atom stereocenters. The van der Waals surface area contributed by atoms with Crippen molar-refractivity contribution >= 4 is 11.9 Å². The SMILES string of the molecule is C#CCCCNC(=O)C1CCC(C(=O)O)C1. The molecule has 0 aliphatic heterocycles. The lowest BCUT2D eigenvalue weighted by Crippen LogP contribution is -2.30. The minimum atomic E-state index is -0.789. The van der Waals surface area contributed by atoms with E-state index in [1.54, 1.807) is 0 Å². The lowest BCUT2D eigenvalue weighted by Gasteiger charge is -2.09. The van der Waals surface area contributed by atoms with Crippen LogP contribution >= 0.6 is 0 Å². The number of carbonyl (C=O) groups is 2. The Morgan fingerprint density at radius 1 is 1.38 bits per heavy atom. The van der Waals surface area contributed by atoms with Gasteiger partial charge in [-0.25, -0.2) is 0 Å². The smallest absolute Gasteiger partial charge is 0.306 e. The molecule has 0 radical (unpaired) electrons. The summed E-state index contributed by atoms with van der Waals surface area (Å²) in [6.07, 6.45) is 8.28. The molecule has 4 heteroatoms. The lowest BCUT2D eigenvalue weighted by molar-refractivity contribution is -0.141. The van der Waals surface area contributed by atoms with Gasteiger partial charge in [-0.05, 0) is 25.7 Å². The van der Waals surface area contributed by atoms with E-state index in [4.69, 9.17) is 11.5 Å². The third kappa shape index (κ3) is 3.58.